The molecule has 0 saturated heterocycles. The molecule has 0 amide bonds. The number of aromatic nitrogens is 2. The van der Waals surface area contributed by atoms with Crippen LogP contribution in [0.5, 0.6) is 0 Å². The van der Waals surface area contributed by atoms with Gasteiger partial charge in [0.2, 0.25) is 0 Å². The lowest BCUT2D eigenvalue weighted by Gasteiger charge is -2.19. The average molecular weight is 636 g/mol. The number of nitriles is 1. The third-order valence-electron chi connectivity index (χ3n) is 10.1. The molecule has 0 unspecified atom stereocenters. The topological polar surface area (TPSA) is 33.6 Å². The van der Waals surface area contributed by atoms with Gasteiger partial charge in [-0.1, -0.05) is 133 Å². The quantitative estimate of drug-likeness (QED) is 0.189. The number of nitrogens with zero attached hydrogens (tertiary/aromatic N) is 3. The van der Waals surface area contributed by atoms with Crippen LogP contribution in [0.3, 0.4) is 0 Å². The van der Waals surface area contributed by atoms with Gasteiger partial charge in [0.1, 0.15) is 0 Å². The van der Waals surface area contributed by atoms with Crippen molar-refractivity contribution in [1.29, 1.82) is 5.26 Å². The highest BCUT2D eigenvalue weighted by molar-refractivity contribution is 6.34. The van der Waals surface area contributed by atoms with Crippen LogP contribution in [-0.4, -0.2) is 9.13 Å². The van der Waals surface area contributed by atoms with Crippen LogP contribution in [0.4, 0.5) is 0 Å². The van der Waals surface area contributed by atoms with Gasteiger partial charge in [-0.15, -0.1) is 0 Å². The summed E-state index contributed by atoms with van der Waals surface area (Å²) in [5.74, 6) is 0. The van der Waals surface area contributed by atoms with E-state index in [1.54, 1.807) is 0 Å². The summed E-state index contributed by atoms with van der Waals surface area (Å²) in [5.41, 5.74) is 11.9. The zero-order chi connectivity index (χ0) is 33.2. The average Bonchev–Trinajstić information content (AvgIpc) is 3.71. The van der Waals surface area contributed by atoms with Gasteiger partial charge in [0, 0.05) is 49.4 Å². The summed E-state index contributed by atoms with van der Waals surface area (Å²) in [7, 11) is 0. The predicted molar refractivity (Wildman–Crippen MR) is 208 cm³/mol. The fraction of sp³-hybridized carbons (Fsp3) is 0. The van der Waals surface area contributed by atoms with Crippen molar-refractivity contribution in [2.45, 2.75) is 0 Å². The van der Waals surface area contributed by atoms with E-state index in [2.05, 4.69) is 179 Å². The first-order valence-corrected chi connectivity index (χ1v) is 16.9. The highest BCUT2D eigenvalue weighted by Gasteiger charge is 2.29. The lowest BCUT2D eigenvalue weighted by atomic mass is 9.87. The third-order valence-corrected chi connectivity index (χ3v) is 10.1. The van der Waals surface area contributed by atoms with E-state index in [-0.39, 0.29) is 0 Å². The van der Waals surface area contributed by atoms with E-state index in [9.17, 15) is 5.26 Å². The van der Waals surface area contributed by atoms with Crippen LogP contribution in [-0.2, 0) is 0 Å². The SMILES string of the molecule is N#Cc1cccc2cccc(-c3c4c5ccccc5n(-c5ccccc5)c4c(-c4ccccc4)c4c5ccccc5n(-c5ccccc5)c34)c12. The minimum absolute atomic E-state index is 0.667. The molecule has 0 bridgehead atoms. The van der Waals surface area contributed by atoms with Crippen molar-refractivity contribution in [3.05, 3.63) is 181 Å². The van der Waals surface area contributed by atoms with Crippen LogP contribution in [0.25, 0.3) is 88.0 Å². The molecule has 232 valence electrons. The van der Waals surface area contributed by atoms with Gasteiger partial charge < -0.3 is 9.13 Å². The third kappa shape index (κ3) is 3.97. The maximum atomic E-state index is 10.5. The smallest absolute Gasteiger partial charge is 0.0998 e. The maximum absolute atomic E-state index is 10.5. The van der Waals surface area contributed by atoms with Crippen LogP contribution < -0.4 is 0 Å². The second-order valence-corrected chi connectivity index (χ2v) is 12.8. The molecule has 10 rings (SSSR count). The number of rotatable bonds is 4. The van der Waals surface area contributed by atoms with Gasteiger partial charge in [0.15, 0.2) is 0 Å². The molecule has 50 heavy (non-hydrogen) atoms. The van der Waals surface area contributed by atoms with Crippen LogP contribution in [0.15, 0.2) is 176 Å². The molecule has 0 fully saturated rings. The number of hydrogen-bond donors (Lipinski definition) is 0. The van der Waals surface area contributed by atoms with E-state index in [1.807, 2.05) is 12.1 Å². The maximum Gasteiger partial charge on any atom is 0.0998 e. The second-order valence-electron chi connectivity index (χ2n) is 12.8. The highest BCUT2D eigenvalue weighted by atomic mass is 15.0. The molecule has 3 nitrogen and oxygen atoms in total. The summed E-state index contributed by atoms with van der Waals surface area (Å²) in [6, 6.07) is 64.8. The van der Waals surface area contributed by atoms with Crippen molar-refractivity contribution in [1.82, 2.24) is 9.13 Å². The molecule has 0 radical (unpaired) electrons. The Kier molecular flexibility index (Phi) is 6.24. The van der Waals surface area contributed by atoms with Crippen molar-refractivity contribution in [3.63, 3.8) is 0 Å². The summed E-state index contributed by atoms with van der Waals surface area (Å²) in [5, 5.41) is 17.2. The fourth-order valence-electron chi connectivity index (χ4n) is 8.18. The first-order chi connectivity index (χ1) is 24.8. The van der Waals surface area contributed by atoms with Crippen molar-refractivity contribution in [2.24, 2.45) is 0 Å². The Balaban J connectivity index is 1.61. The van der Waals surface area contributed by atoms with Crippen molar-refractivity contribution in [2.75, 3.05) is 0 Å². The molecule has 0 aliphatic rings. The Morgan fingerprint density at radius 2 is 0.880 bits per heavy atom. The van der Waals surface area contributed by atoms with Crippen molar-refractivity contribution >= 4 is 54.4 Å². The molecule has 2 aromatic heterocycles. The zero-order valence-electron chi connectivity index (χ0n) is 27.1. The summed E-state index contributed by atoms with van der Waals surface area (Å²) in [6.45, 7) is 0. The molecule has 0 aliphatic carbocycles. The number of benzene rings is 8. The molecular formula is C47H29N3. The highest BCUT2D eigenvalue weighted by Crippen LogP contribution is 2.52. The summed E-state index contributed by atoms with van der Waals surface area (Å²) < 4.78 is 4.88. The van der Waals surface area contributed by atoms with Crippen molar-refractivity contribution < 1.29 is 0 Å². The lowest BCUT2D eigenvalue weighted by Crippen LogP contribution is -1.99. The van der Waals surface area contributed by atoms with Crippen LogP contribution in [0.1, 0.15) is 5.56 Å². The number of hydrogen-bond acceptors (Lipinski definition) is 1. The Morgan fingerprint density at radius 1 is 0.400 bits per heavy atom. The summed E-state index contributed by atoms with van der Waals surface area (Å²) in [6.07, 6.45) is 0. The summed E-state index contributed by atoms with van der Waals surface area (Å²) >= 11 is 0. The fourth-order valence-corrected chi connectivity index (χ4v) is 8.18. The molecule has 0 saturated carbocycles. The molecule has 0 atom stereocenters. The van der Waals surface area contributed by atoms with Gasteiger partial charge in [0.05, 0.1) is 33.7 Å². The molecule has 10 aromatic rings. The van der Waals surface area contributed by atoms with E-state index in [1.165, 1.54) is 16.3 Å². The van der Waals surface area contributed by atoms with Gasteiger partial charge in [-0.2, -0.15) is 5.26 Å². The van der Waals surface area contributed by atoms with Gasteiger partial charge in [-0.3, -0.25) is 0 Å². The van der Waals surface area contributed by atoms with E-state index >= 15 is 0 Å². The second kappa shape index (κ2) is 11.1. The zero-order valence-corrected chi connectivity index (χ0v) is 27.1. The monoisotopic (exact) mass is 635 g/mol. The lowest BCUT2D eigenvalue weighted by molar-refractivity contribution is 1.18. The minimum Gasteiger partial charge on any atom is -0.309 e. The predicted octanol–water partition coefficient (Wildman–Crippen LogP) is 12.2. The molecule has 3 heteroatoms. The van der Waals surface area contributed by atoms with E-state index < -0.39 is 0 Å². The van der Waals surface area contributed by atoms with Gasteiger partial charge >= 0.3 is 0 Å². The Morgan fingerprint density at radius 3 is 1.46 bits per heavy atom. The van der Waals surface area contributed by atoms with Crippen LogP contribution >= 0.6 is 0 Å². The molecule has 8 aromatic carbocycles. The largest absolute Gasteiger partial charge is 0.309 e. The van der Waals surface area contributed by atoms with E-state index in [0.29, 0.717) is 5.56 Å². The summed E-state index contributed by atoms with van der Waals surface area (Å²) in [4.78, 5) is 0. The Bertz CT molecular complexity index is 2950. The normalized spacial score (nSPS) is 11.6. The standard InChI is InChI=1S/C47H29N3/c48-30-33-20-14-18-31-19-15-27-38(41(31)33)45-44-37-26-11-13-29-40(37)49(34-21-6-2-7-22-34)46(44)42(32-16-4-1-5-17-32)43-36-25-10-12-28-39(36)50(47(43)45)35-23-8-3-9-24-35/h1-29H. The van der Waals surface area contributed by atoms with Gasteiger partial charge in [-0.05, 0) is 59.0 Å². The Hall–Kier alpha value is -6.89. The van der Waals surface area contributed by atoms with E-state index in [4.69, 9.17) is 0 Å². The number of fused-ring (bicyclic) bond motifs is 7. The van der Waals surface area contributed by atoms with Gasteiger partial charge in [-0.25, -0.2) is 0 Å². The first kappa shape index (κ1) is 28.2. The molecule has 0 N–H and O–H groups in total. The molecule has 2 heterocycles. The number of para-hydroxylation sites is 4. The van der Waals surface area contributed by atoms with Crippen molar-refractivity contribution in [3.8, 4) is 39.7 Å². The van der Waals surface area contributed by atoms with Gasteiger partial charge in [0.25, 0.3) is 0 Å². The van der Waals surface area contributed by atoms with E-state index in [0.717, 1.165) is 71.7 Å². The molecule has 0 aliphatic heterocycles. The minimum atomic E-state index is 0.667. The van der Waals surface area contributed by atoms with Crippen LogP contribution in [0, 0.1) is 11.3 Å². The Labute approximate surface area is 289 Å². The molecular weight excluding hydrogens is 607 g/mol. The first-order valence-electron chi connectivity index (χ1n) is 16.9. The molecule has 0 spiro atoms. The van der Waals surface area contributed by atoms with Crippen LogP contribution in [0.2, 0.25) is 0 Å².